The first-order chi connectivity index (χ1) is 12.5. The molecule has 2 atom stereocenters. The molecule has 26 heavy (non-hydrogen) atoms. The van der Waals surface area contributed by atoms with Crippen molar-refractivity contribution in [3.05, 3.63) is 47.4 Å². The van der Waals surface area contributed by atoms with Crippen LogP contribution in [0, 0.1) is 0 Å². The van der Waals surface area contributed by atoms with Gasteiger partial charge in [0, 0.05) is 25.1 Å². The topological polar surface area (TPSA) is 61.1 Å². The third-order valence-corrected chi connectivity index (χ3v) is 4.43. The quantitative estimate of drug-likeness (QED) is 0.821. The van der Waals surface area contributed by atoms with Crippen molar-refractivity contribution in [3.63, 3.8) is 0 Å². The first-order valence-electron chi connectivity index (χ1n) is 8.74. The van der Waals surface area contributed by atoms with Crippen molar-refractivity contribution in [1.82, 2.24) is 4.90 Å². The molecule has 6 nitrogen and oxygen atoms in total. The van der Waals surface area contributed by atoms with Crippen LogP contribution in [0.4, 0.5) is 0 Å². The molecule has 0 aliphatic carbocycles. The summed E-state index contributed by atoms with van der Waals surface area (Å²) in [6.45, 7) is 5.09. The Kier molecular flexibility index (Phi) is 5.52. The molecule has 140 valence electrons. The van der Waals surface area contributed by atoms with E-state index in [9.17, 15) is 4.79 Å². The standard InChI is InChI=1S/C20H25NO5/c1-13-11-21(12-14(2)25-13)20(22)19-8-6-17(26-19)10-15-9-16(23-3)5-7-18(15)24-4/h5-9,13-14H,10-12H2,1-4H3. The number of ether oxygens (including phenoxy) is 3. The fourth-order valence-corrected chi connectivity index (χ4v) is 3.30. The van der Waals surface area contributed by atoms with Crippen LogP contribution in [0.3, 0.4) is 0 Å². The summed E-state index contributed by atoms with van der Waals surface area (Å²) in [7, 11) is 3.25. The Labute approximate surface area is 153 Å². The number of furan rings is 1. The van der Waals surface area contributed by atoms with Crippen molar-refractivity contribution in [2.75, 3.05) is 27.3 Å². The maximum Gasteiger partial charge on any atom is 0.289 e. The van der Waals surface area contributed by atoms with Gasteiger partial charge in [-0.25, -0.2) is 0 Å². The van der Waals surface area contributed by atoms with Gasteiger partial charge in [0.25, 0.3) is 5.91 Å². The third-order valence-electron chi connectivity index (χ3n) is 4.43. The van der Waals surface area contributed by atoms with Crippen molar-refractivity contribution in [3.8, 4) is 11.5 Å². The summed E-state index contributed by atoms with van der Waals surface area (Å²) in [5, 5.41) is 0. The van der Waals surface area contributed by atoms with E-state index in [1.54, 1.807) is 25.2 Å². The Balaban J connectivity index is 1.75. The normalized spacial score (nSPS) is 20.1. The lowest BCUT2D eigenvalue weighted by atomic mass is 10.1. The van der Waals surface area contributed by atoms with E-state index in [0.717, 1.165) is 17.1 Å². The molecule has 2 aromatic rings. The molecular weight excluding hydrogens is 334 g/mol. The molecule has 3 rings (SSSR count). The van der Waals surface area contributed by atoms with Gasteiger partial charge in [0.1, 0.15) is 17.3 Å². The molecular formula is C20H25NO5. The third kappa shape index (κ3) is 4.02. The average molecular weight is 359 g/mol. The second kappa shape index (κ2) is 7.83. The molecule has 1 fully saturated rings. The Morgan fingerprint density at radius 3 is 2.50 bits per heavy atom. The molecule has 2 unspecified atom stereocenters. The van der Waals surface area contributed by atoms with E-state index in [2.05, 4.69) is 0 Å². The van der Waals surface area contributed by atoms with Crippen LogP contribution in [0.1, 0.15) is 35.7 Å². The number of rotatable bonds is 5. The zero-order valence-electron chi connectivity index (χ0n) is 15.7. The lowest BCUT2D eigenvalue weighted by Gasteiger charge is -2.34. The van der Waals surface area contributed by atoms with Crippen LogP contribution in [0.25, 0.3) is 0 Å². The monoisotopic (exact) mass is 359 g/mol. The van der Waals surface area contributed by atoms with Crippen molar-refractivity contribution in [1.29, 1.82) is 0 Å². The molecule has 1 saturated heterocycles. The number of amides is 1. The van der Waals surface area contributed by atoms with Gasteiger partial charge in [-0.15, -0.1) is 0 Å². The predicted molar refractivity (Wildman–Crippen MR) is 97.0 cm³/mol. The highest BCUT2D eigenvalue weighted by atomic mass is 16.5. The molecule has 0 bridgehead atoms. The van der Waals surface area contributed by atoms with E-state index in [1.165, 1.54) is 0 Å². The molecule has 2 heterocycles. The summed E-state index contributed by atoms with van der Waals surface area (Å²) in [6.07, 6.45) is 0.570. The number of benzene rings is 1. The molecule has 1 aromatic heterocycles. The van der Waals surface area contributed by atoms with Crippen LogP contribution in [-0.4, -0.2) is 50.3 Å². The Morgan fingerprint density at radius 2 is 1.85 bits per heavy atom. The summed E-state index contributed by atoms with van der Waals surface area (Å²) in [5.41, 5.74) is 0.939. The van der Waals surface area contributed by atoms with E-state index >= 15 is 0 Å². The lowest BCUT2D eigenvalue weighted by Crippen LogP contribution is -2.48. The molecule has 0 N–H and O–H groups in total. The van der Waals surface area contributed by atoms with Crippen LogP contribution >= 0.6 is 0 Å². The van der Waals surface area contributed by atoms with E-state index in [-0.39, 0.29) is 18.1 Å². The zero-order valence-corrected chi connectivity index (χ0v) is 15.7. The molecule has 1 aliphatic rings. The number of nitrogens with zero attached hydrogens (tertiary/aromatic N) is 1. The Hall–Kier alpha value is -2.47. The van der Waals surface area contributed by atoms with Crippen molar-refractivity contribution in [2.45, 2.75) is 32.5 Å². The Bertz CT molecular complexity index is 759. The van der Waals surface area contributed by atoms with Crippen LogP contribution in [0.2, 0.25) is 0 Å². The van der Waals surface area contributed by atoms with Gasteiger partial charge in [-0.1, -0.05) is 0 Å². The smallest absolute Gasteiger partial charge is 0.289 e. The molecule has 1 amide bonds. The fraction of sp³-hybridized carbons (Fsp3) is 0.450. The largest absolute Gasteiger partial charge is 0.497 e. The summed E-state index contributed by atoms with van der Waals surface area (Å²) in [5.74, 6) is 2.46. The highest BCUT2D eigenvalue weighted by Crippen LogP contribution is 2.27. The van der Waals surface area contributed by atoms with Gasteiger partial charge in [0.2, 0.25) is 0 Å². The molecule has 6 heteroatoms. The summed E-state index contributed by atoms with van der Waals surface area (Å²) >= 11 is 0. The van der Waals surface area contributed by atoms with E-state index in [1.807, 2.05) is 38.1 Å². The van der Waals surface area contributed by atoms with Crippen LogP contribution in [0.15, 0.2) is 34.7 Å². The van der Waals surface area contributed by atoms with Crippen LogP contribution in [0.5, 0.6) is 11.5 Å². The molecule has 1 aliphatic heterocycles. The molecule has 0 saturated carbocycles. The molecule has 0 radical (unpaired) electrons. The first-order valence-corrected chi connectivity index (χ1v) is 8.74. The maximum absolute atomic E-state index is 12.7. The summed E-state index contributed by atoms with van der Waals surface area (Å²) in [4.78, 5) is 14.5. The lowest BCUT2D eigenvalue weighted by molar-refractivity contribution is -0.0592. The van der Waals surface area contributed by atoms with E-state index < -0.39 is 0 Å². The van der Waals surface area contributed by atoms with Crippen LogP contribution in [-0.2, 0) is 11.2 Å². The highest BCUT2D eigenvalue weighted by molar-refractivity contribution is 5.91. The van der Waals surface area contributed by atoms with E-state index in [0.29, 0.717) is 31.0 Å². The summed E-state index contributed by atoms with van der Waals surface area (Å²) in [6, 6.07) is 9.18. The van der Waals surface area contributed by atoms with Crippen molar-refractivity contribution < 1.29 is 23.4 Å². The minimum absolute atomic E-state index is 0.0261. The maximum atomic E-state index is 12.7. The van der Waals surface area contributed by atoms with Gasteiger partial charge in [0.15, 0.2) is 5.76 Å². The van der Waals surface area contributed by atoms with E-state index in [4.69, 9.17) is 18.6 Å². The number of methoxy groups -OCH3 is 2. The number of hydrogen-bond acceptors (Lipinski definition) is 5. The van der Waals surface area contributed by atoms with Crippen LogP contribution < -0.4 is 9.47 Å². The van der Waals surface area contributed by atoms with Gasteiger partial charge in [-0.05, 0) is 44.2 Å². The number of carbonyl (C=O) groups excluding carboxylic acids is 1. The average Bonchev–Trinajstić information content (AvgIpc) is 3.08. The van der Waals surface area contributed by atoms with Crippen molar-refractivity contribution in [2.24, 2.45) is 0 Å². The minimum atomic E-state index is -0.101. The fourth-order valence-electron chi connectivity index (χ4n) is 3.30. The zero-order chi connectivity index (χ0) is 18.7. The molecule has 1 aromatic carbocycles. The SMILES string of the molecule is COc1ccc(OC)c(Cc2ccc(C(=O)N3CC(C)OC(C)C3)o2)c1. The number of carbonyl (C=O) groups is 1. The second-order valence-electron chi connectivity index (χ2n) is 6.59. The Morgan fingerprint density at radius 1 is 1.12 bits per heavy atom. The first kappa shape index (κ1) is 18.3. The minimum Gasteiger partial charge on any atom is -0.497 e. The van der Waals surface area contributed by atoms with Crippen molar-refractivity contribution >= 4 is 5.91 Å². The van der Waals surface area contributed by atoms with Gasteiger partial charge in [-0.3, -0.25) is 4.79 Å². The van der Waals surface area contributed by atoms with Gasteiger partial charge in [-0.2, -0.15) is 0 Å². The second-order valence-corrected chi connectivity index (χ2v) is 6.59. The van der Waals surface area contributed by atoms with Gasteiger partial charge < -0.3 is 23.5 Å². The predicted octanol–water partition coefficient (Wildman–Crippen LogP) is 3.14. The highest BCUT2D eigenvalue weighted by Gasteiger charge is 2.28. The van der Waals surface area contributed by atoms with Gasteiger partial charge in [0.05, 0.1) is 26.4 Å². The number of morpholine rings is 1. The number of hydrogen-bond donors (Lipinski definition) is 0. The summed E-state index contributed by atoms with van der Waals surface area (Å²) < 4.78 is 22.2. The molecule has 0 spiro atoms. The van der Waals surface area contributed by atoms with Gasteiger partial charge >= 0.3 is 0 Å².